The van der Waals surface area contributed by atoms with E-state index < -0.39 is 6.09 Å². The number of imide groups is 1. The molecule has 1 fully saturated rings. The number of piperazine rings is 1. The Hall–Kier alpha value is -2.41. The van der Waals surface area contributed by atoms with Gasteiger partial charge in [-0.05, 0) is 38.1 Å². The summed E-state index contributed by atoms with van der Waals surface area (Å²) in [5, 5.41) is 2.22. The molecule has 2 N–H and O–H groups in total. The number of ketones is 1. The van der Waals surface area contributed by atoms with Crippen LogP contribution in [0.3, 0.4) is 0 Å². The number of quaternary nitrogens is 1. The molecule has 7 heteroatoms. The van der Waals surface area contributed by atoms with Crippen LogP contribution >= 0.6 is 0 Å². The molecule has 0 atom stereocenters. The van der Waals surface area contributed by atoms with Crippen molar-refractivity contribution in [1.82, 2.24) is 5.32 Å². The van der Waals surface area contributed by atoms with E-state index in [-0.39, 0.29) is 24.8 Å². The molecule has 0 spiro atoms. The summed E-state index contributed by atoms with van der Waals surface area (Å²) >= 11 is 0. The quantitative estimate of drug-likeness (QED) is 0.733. The van der Waals surface area contributed by atoms with E-state index in [4.69, 9.17) is 4.74 Å². The Bertz CT molecular complexity index is 592. The van der Waals surface area contributed by atoms with Gasteiger partial charge in [0, 0.05) is 11.3 Å². The molecular weight excluding hydrogens is 310 g/mol. The SMILES string of the molecule is CCOC(=O)NC(=O)C[NH+]1CCN(c2ccc(C(C)=O)cc2)CC1. The second-order valence-electron chi connectivity index (χ2n) is 5.79. The molecule has 0 bridgehead atoms. The van der Waals surface area contributed by atoms with Gasteiger partial charge in [-0.15, -0.1) is 0 Å². The van der Waals surface area contributed by atoms with E-state index in [1.54, 1.807) is 13.8 Å². The van der Waals surface area contributed by atoms with Crippen LogP contribution in [-0.2, 0) is 9.53 Å². The fourth-order valence-corrected chi connectivity index (χ4v) is 2.72. The summed E-state index contributed by atoms with van der Waals surface area (Å²) in [4.78, 5) is 37.7. The number of amides is 2. The number of nitrogens with one attached hydrogen (secondary N) is 2. The highest BCUT2D eigenvalue weighted by Gasteiger charge is 2.23. The number of alkyl carbamates (subject to hydrolysis) is 1. The number of benzene rings is 1. The zero-order chi connectivity index (χ0) is 17.5. The van der Waals surface area contributed by atoms with Gasteiger partial charge in [-0.1, -0.05) is 0 Å². The average Bonchev–Trinajstić information content (AvgIpc) is 2.55. The lowest BCUT2D eigenvalue weighted by atomic mass is 10.1. The maximum atomic E-state index is 11.8. The van der Waals surface area contributed by atoms with Crippen LogP contribution < -0.4 is 15.1 Å². The van der Waals surface area contributed by atoms with Gasteiger partial charge in [-0.3, -0.25) is 14.9 Å². The maximum Gasteiger partial charge on any atom is 0.414 e. The molecule has 1 heterocycles. The van der Waals surface area contributed by atoms with Gasteiger partial charge in [0.05, 0.1) is 32.8 Å². The van der Waals surface area contributed by atoms with Gasteiger partial charge in [0.2, 0.25) is 0 Å². The summed E-state index contributed by atoms with van der Waals surface area (Å²) in [5.74, 6) is -0.258. The number of hydrogen-bond acceptors (Lipinski definition) is 5. The van der Waals surface area contributed by atoms with Crippen LogP contribution in [0.2, 0.25) is 0 Å². The van der Waals surface area contributed by atoms with Gasteiger partial charge in [0.1, 0.15) is 0 Å². The highest BCUT2D eigenvalue weighted by Crippen LogP contribution is 2.15. The number of hydrogen-bond donors (Lipinski definition) is 2. The summed E-state index contributed by atoms with van der Waals surface area (Å²) in [5.41, 5.74) is 1.79. The smallest absolute Gasteiger partial charge is 0.414 e. The van der Waals surface area contributed by atoms with Crippen LogP contribution in [0.25, 0.3) is 0 Å². The molecule has 1 aromatic carbocycles. The fraction of sp³-hybridized carbons (Fsp3) is 0.471. The Morgan fingerprint density at radius 1 is 1.17 bits per heavy atom. The third-order valence-electron chi connectivity index (χ3n) is 4.04. The molecule has 0 saturated carbocycles. The largest absolute Gasteiger partial charge is 0.450 e. The van der Waals surface area contributed by atoms with Gasteiger partial charge < -0.3 is 14.5 Å². The molecule has 2 rings (SSSR count). The normalized spacial score (nSPS) is 15.0. The predicted octanol–water partition coefficient (Wildman–Crippen LogP) is -0.133. The third kappa shape index (κ3) is 5.06. The standard InChI is InChI=1S/C17H23N3O4/c1-3-24-17(23)18-16(22)12-19-8-10-20(11-9-19)15-6-4-14(5-7-15)13(2)21/h4-7H,3,8-12H2,1-2H3,(H,18,22,23)/p+1. The molecular formula is C17H24N3O4+. The highest BCUT2D eigenvalue weighted by molar-refractivity contribution is 5.94. The van der Waals surface area contributed by atoms with E-state index >= 15 is 0 Å². The second-order valence-corrected chi connectivity index (χ2v) is 5.79. The summed E-state index contributed by atoms with van der Waals surface area (Å²) < 4.78 is 4.69. The zero-order valence-electron chi connectivity index (χ0n) is 14.1. The summed E-state index contributed by atoms with van der Waals surface area (Å²) in [6.07, 6.45) is -0.689. The molecule has 0 aromatic heterocycles. The summed E-state index contributed by atoms with van der Waals surface area (Å²) in [6, 6.07) is 7.58. The first kappa shape index (κ1) is 17.9. The Kier molecular flexibility index (Phi) is 6.31. The maximum absolute atomic E-state index is 11.8. The zero-order valence-corrected chi connectivity index (χ0v) is 14.1. The minimum Gasteiger partial charge on any atom is -0.450 e. The van der Waals surface area contributed by atoms with Crippen molar-refractivity contribution in [2.24, 2.45) is 0 Å². The minimum atomic E-state index is -0.689. The highest BCUT2D eigenvalue weighted by atomic mass is 16.5. The van der Waals surface area contributed by atoms with Gasteiger partial charge in [0.25, 0.3) is 5.91 Å². The molecule has 1 aromatic rings. The molecule has 0 aliphatic carbocycles. The monoisotopic (exact) mass is 334 g/mol. The molecule has 0 unspecified atom stereocenters. The first-order valence-electron chi connectivity index (χ1n) is 8.15. The van der Waals surface area contributed by atoms with E-state index in [1.165, 1.54) is 0 Å². The van der Waals surface area contributed by atoms with E-state index in [9.17, 15) is 14.4 Å². The molecule has 24 heavy (non-hydrogen) atoms. The van der Waals surface area contributed by atoms with Gasteiger partial charge in [-0.2, -0.15) is 0 Å². The van der Waals surface area contributed by atoms with Gasteiger partial charge in [0.15, 0.2) is 12.3 Å². The molecule has 2 amide bonds. The molecule has 130 valence electrons. The number of anilines is 1. The summed E-state index contributed by atoms with van der Waals surface area (Å²) in [6.45, 7) is 7.01. The average molecular weight is 334 g/mol. The Balaban J connectivity index is 1.79. The Morgan fingerprint density at radius 3 is 2.33 bits per heavy atom. The van der Waals surface area contributed by atoms with Crippen LogP contribution in [-0.4, -0.2) is 57.1 Å². The first-order chi connectivity index (χ1) is 11.5. The van der Waals surface area contributed by atoms with Crippen molar-refractivity contribution in [2.45, 2.75) is 13.8 Å². The molecule has 1 saturated heterocycles. The lowest BCUT2D eigenvalue weighted by molar-refractivity contribution is -0.892. The van der Waals surface area contributed by atoms with E-state index in [2.05, 4.69) is 10.2 Å². The van der Waals surface area contributed by atoms with Crippen molar-refractivity contribution in [3.05, 3.63) is 29.8 Å². The molecule has 7 nitrogen and oxygen atoms in total. The number of carbonyl (C=O) groups excluding carboxylic acids is 3. The first-order valence-corrected chi connectivity index (χ1v) is 8.15. The van der Waals surface area contributed by atoms with Crippen LogP contribution in [0.15, 0.2) is 24.3 Å². The van der Waals surface area contributed by atoms with E-state index in [0.717, 1.165) is 36.8 Å². The number of rotatable bonds is 5. The Morgan fingerprint density at radius 2 is 1.79 bits per heavy atom. The lowest BCUT2D eigenvalue weighted by Gasteiger charge is -2.33. The van der Waals surface area contributed by atoms with Crippen LogP contribution in [0.1, 0.15) is 24.2 Å². The van der Waals surface area contributed by atoms with Crippen LogP contribution in [0, 0.1) is 0 Å². The van der Waals surface area contributed by atoms with Crippen molar-refractivity contribution in [2.75, 3.05) is 44.2 Å². The fourth-order valence-electron chi connectivity index (χ4n) is 2.72. The number of Topliss-reactive ketones (excluding diaryl/α,β-unsaturated/α-hetero) is 1. The van der Waals surface area contributed by atoms with Crippen molar-refractivity contribution in [3.8, 4) is 0 Å². The third-order valence-corrected chi connectivity index (χ3v) is 4.04. The number of ether oxygens (including phenoxy) is 1. The molecule has 1 aliphatic rings. The van der Waals surface area contributed by atoms with E-state index in [1.807, 2.05) is 24.3 Å². The Labute approximate surface area is 141 Å². The number of carbonyl (C=O) groups is 3. The summed E-state index contributed by atoms with van der Waals surface area (Å²) in [7, 11) is 0. The number of nitrogens with zero attached hydrogens (tertiary/aromatic N) is 1. The second kappa shape index (κ2) is 8.44. The van der Waals surface area contributed by atoms with Crippen molar-refractivity contribution in [1.29, 1.82) is 0 Å². The molecule has 1 aliphatic heterocycles. The molecule has 0 radical (unpaired) electrons. The topological polar surface area (TPSA) is 80.2 Å². The van der Waals surface area contributed by atoms with Crippen LogP contribution in [0.5, 0.6) is 0 Å². The van der Waals surface area contributed by atoms with Gasteiger partial charge in [-0.25, -0.2) is 4.79 Å². The van der Waals surface area contributed by atoms with Gasteiger partial charge >= 0.3 is 6.09 Å². The lowest BCUT2D eigenvalue weighted by Crippen LogP contribution is -3.16. The van der Waals surface area contributed by atoms with Crippen LogP contribution in [0.4, 0.5) is 10.5 Å². The van der Waals surface area contributed by atoms with Crippen molar-refractivity contribution < 1.29 is 24.0 Å². The minimum absolute atomic E-state index is 0.0587. The van der Waals surface area contributed by atoms with Crippen molar-refractivity contribution in [3.63, 3.8) is 0 Å². The predicted molar refractivity (Wildman–Crippen MR) is 89.4 cm³/mol. The van der Waals surface area contributed by atoms with Crippen molar-refractivity contribution >= 4 is 23.5 Å². The van der Waals surface area contributed by atoms with E-state index in [0.29, 0.717) is 5.56 Å².